The van der Waals surface area contributed by atoms with Crippen molar-refractivity contribution in [1.29, 1.82) is 0 Å². The maximum Gasteiger partial charge on any atom is 0.127 e. The van der Waals surface area contributed by atoms with Gasteiger partial charge in [0.2, 0.25) is 0 Å². The average Bonchev–Trinajstić information content (AvgIpc) is 2.30. The third kappa shape index (κ3) is 2.83. The summed E-state index contributed by atoms with van der Waals surface area (Å²) in [6, 6.07) is 6.35. The van der Waals surface area contributed by atoms with Crippen LogP contribution in [0.1, 0.15) is 37.3 Å². The minimum Gasteiger partial charge on any atom is -0.383 e. The quantitative estimate of drug-likeness (QED) is 0.837. The zero-order valence-electron chi connectivity index (χ0n) is 11.0. The first-order valence-electron chi connectivity index (χ1n) is 6.47. The number of aryl methyl sites for hydroxylation is 2. The Morgan fingerprint density at radius 2 is 2.00 bits per heavy atom. The number of aromatic nitrogens is 1. The van der Waals surface area contributed by atoms with Gasteiger partial charge in [0.25, 0.3) is 0 Å². The largest absolute Gasteiger partial charge is 0.383 e. The van der Waals surface area contributed by atoms with Crippen LogP contribution in [0.4, 0.5) is 5.82 Å². The van der Waals surface area contributed by atoms with Gasteiger partial charge in [-0.1, -0.05) is 35.7 Å². The Morgan fingerprint density at radius 3 is 2.72 bits per heavy atom. The van der Waals surface area contributed by atoms with Gasteiger partial charge in [0.1, 0.15) is 5.82 Å². The number of hydrogen-bond donors (Lipinski definition) is 1. The summed E-state index contributed by atoms with van der Waals surface area (Å²) in [5, 5.41) is 1.21. The molecule has 0 saturated carbocycles. The predicted octanol–water partition coefficient (Wildman–Crippen LogP) is 4.62. The number of hydrogen-bond acceptors (Lipinski definition) is 2. The number of anilines is 1. The number of rotatable bonds is 4. The zero-order valence-corrected chi connectivity index (χ0v) is 12.5. The molecule has 96 valence electrons. The standard InChI is InChI=1S/C15H19BrN2/c1-3-4-5-6-11-8-13-10(2)7-12(16)9-14(13)18-15(11)17/h7-9H,3-6H2,1-2H3,(H2,17,18). The molecule has 0 unspecified atom stereocenters. The van der Waals surface area contributed by atoms with E-state index in [0.29, 0.717) is 5.82 Å². The lowest BCUT2D eigenvalue weighted by molar-refractivity contribution is 0.717. The van der Waals surface area contributed by atoms with Gasteiger partial charge < -0.3 is 5.73 Å². The molecule has 0 saturated heterocycles. The van der Waals surface area contributed by atoms with E-state index in [1.54, 1.807) is 0 Å². The van der Waals surface area contributed by atoms with Crippen molar-refractivity contribution in [3.63, 3.8) is 0 Å². The van der Waals surface area contributed by atoms with E-state index in [9.17, 15) is 0 Å². The van der Waals surface area contributed by atoms with Gasteiger partial charge in [-0.2, -0.15) is 0 Å². The summed E-state index contributed by atoms with van der Waals surface area (Å²) in [6.45, 7) is 4.32. The Hall–Kier alpha value is -1.09. The van der Waals surface area contributed by atoms with E-state index in [-0.39, 0.29) is 0 Å². The van der Waals surface area contributed by atoms with Crippen molar-refractivity contribution >= 4 is 32.7 Å². The van der Waals surface area contributed by atoms with Gasteiger partial charge in [-0.25, -0.2) is 4.98 Å². The van der Waals surface area contributed by atoms with Crippen LogP contribution >= 0.6 is 15.9 Å². The number of nitrogen functional groups attached to an aromatic ring is 1. The summed E-state index contributed by atoms with van der Waals surface area (Å²) in [7, 11) is 0. The van der Waals surface area contributed by atoms with Crippen molar-refractivity contribution in [2.24, 2.45) is 0 Å². The summed E-state index contributed by atoms with van der Waals surface area (Å²) in [5.41, 5.74) is 9.43. The SMILES string of the molecule is CCCCCc1cc2c(C)cc(Br)cc2nc1N. The van der Waals surface area contributed by atoms with Crippen molar-refractivity contribution in [3.05, 3.63) is 33.8 Å². The molecule has 0 spiro atoms. The van der Waals surface area contributed by atoms with Gasteiger partial charge in [-0.3, -0.25) is 0 Å². The Morgan fingerprint density at radius 1 is 1.22 bits per heavy atom. The number of halogens is 1. The highest BCUT2D eigenvalue weighted by atomic mass is 79.9. The van der Waals surface area contributed by atoms with E-state index in [1.165, 1.54) is 35.8 Å². The molecule has 18 heavy (non-hydrogen) atoms. The summed E-state index contributed by atoms with van der Waals surface area (Å²) in [5.74, 6) is 0.677. The van der Waals surface area contributed by atoms with Gasteiger partial charge in [0.05, 0.1) is 5.52 Å². The second-order valence-corrected chi connectivity index (χ2v) is 5.69. The lowest BCUT2D eigenvalue weighted by Gasteiger charge is -2.09. The first-order valence-corrected chi connectivity index (χ1v) is 7.26. The fourth-order valence-electron chi connectivity index (χ4n) is 2.23. The minimum absolute atomic E-state index is 0.677. The van der Waals surface area contributed by atoms with Crippen LogP contribution in [-0.4, -0.2) is 4.98 Å². The molecule has 2 nitrogen and oxygen atoms in total. The molecule has 2 rings (SSSR count). The molecule has 0 atom stereocenters. The van der Waals surface area contributed by atoms with Gasteiger partial charge in [-0.15, -0.1) is 0 Å². The van der Waals surface area contributed by atoms with Crippen LogP contribution in [0.15, 0.2) is 22.7 Å². The number of pyridine rings is 1. The first kappa shape index (κ1) is 13.3. The molecule has 0 amide bonds. The molecule has 2 N–H and O–H groups in total. The highest BCUT2D eigenvalue weighted by Gasteiger charge is 2.07. The Balaban J connectivity index is 2.41. The van der Waals surface area contributed by atoms with Crippen LogP contribution in [0.5, 0.6) is 0 Å². The van der Waals surface area contributed by atoms with Gasteiger partial charge in [0, 0.05) is 9.86 Å². The van der Waals surface area contributed by atoms with Crippen molar-refractivity contribution in [3.8, 4) is 0 Å². The Bertz CT molecular complexity index is 564. The molecular weight excluding hydrogens is 288 g/mol. The van der Waals surface area contributed by atoms with E-state index < -0.39 is 0 Å². The predicted molar refractivity (Wildman–Crippen MR) is 81.8 cm³/mol. The number of unbranched alkanes of at least 4 members (excludes halogenated alkanes) is 2. The Labute approximate surface area is 117 Å². The highest BCUT2D eigenvalue weighted by molar-refractivity contribution is 9.10. The third-order valence-corrected chi connectivity index (χ3v) is 3.73. The molecule has 2 aromatic rings. The molecule has 0 radical (unpaired) electrons. The number of nitrogens with two attached hydrogens (primary N) is 1. The molecule has 3 heteroatoms. The maximum atomic E-state index is 6.04. The van der Waals surface area contributed by atoms with Crippen molar-refractivity contribution in [1.82, 2.24) is 4.98 Å². The third-order valence-electron chi connectivity index (χ3n) is 3.27. The van der Waals surface area contributed by atoms with Crippen LogP contribution < -0.4 is 5.73 Å². The monoisotopic (exact) mass is 306 g/mol. The molecule has 0 aliphatic rings. The molecule has 1 heterocycles. The number of benzene rings is 1. The van der Waals surface area contributed by atoms with E-state index in [1.807, 2.05) is 6.07 Å². The van der Waals surface area contributed by atoms with Gasteiger partial charge in [0.15, 0.2) is 0 Å². The molecule has 1 aromatic heterocycles. The summed E-state index contributed by atoms with van der Waals surface area (Å²) >= 11 is 3.50. The van der Waals surface area contributed by atoms with E-state index in [0.717, 1.165) is 16.4 Å². The van der Waals surface area contributed by atoms with Gasteiger partial charge in [-0.05, 0) is 49.1 Å². The summed E-state index contributed by atoms with van der Waals surface area (Å²) in [6.07, 6.45) is 4.69. The molecule has 0 bridgehead atoms. The zero-order chi connectivity index (χ0) is 13.1. The number of nitrogens with zero attached hydrogens (tertiary/aromatic N) is 1. The number of fused-ring (bicyclic) bond motifs is 1. The molecule has 1 aromatic carbocycles. The first-order chi connectivity index (χ1) is 8.61. The second-order valence-electron chi connectivity index (χ2n) is 4.78. The highest BCUT2D eigenvalue weighted by Crippen LogP contribution is 2.26. The van der Waals surface area contributed by atoms with Crippen LogP contribution in [0, 0.1) is 6.92 Å². The maximum absolute atomic E-state index is 6.04. The van der Waals surface area contributed by atoms with Gasteiger partial charge >= 0.3 is 0 Å². The van der Waals surface area contributed by atoms with E-state index >= 15 is 0 Å². The van der Waals surface area contributed by atoms with E-state index in [4.69, 9.17) is 5.73 Å². The lowest BCUT2D eigenvalue weighted by Crippen LogP contribution is -1.99. The molecular formula is C15H19BrN2. The fourth-order valence-corrected chi connectivity index (χ4v) is 2.79. The molecule has 0 aliphatic carbocycles. The van der Waals surface area contributed by atoms with Crippen molar-refractivity contribution in [2.45, 2.75) is 39.5 Å². The summed E-state index contributed by atoms with van der Waals surface area (Å²) < 4.78 is 1.05. The van der Waals surface area contributed by atoms with Crippen LogP contribution in [0.3, 0.4) is 0 Å². The second kappa shape index (κ2) is 5.70. The van der Waals surface area contributed by atoms with Crippen LogP contribution in [0.2, 0.25) is 0 Å². The van der Waals surface area contributed by atoms with E-state index in [2.05, 4.69) is 46.9 Å². The Kier molecular flexibility index (Phi) is 4.23. The average molecular weight is 307 g/mol. The molecule has 0 fully saturated rings. The minimum atomic E-state index is 0.677. The normalized spacial score (nSPS) is 11.1. The fraction of sp³-hybridized carbons (Fsp3) is 0.400. The van der Waals surface area contributed by atoms with Crippen LogP contribution in [-0.2, 0) is 6.42 Å². The molecule has 0 aliphatic heterocycles. The van der Waals surface area contributed by atoms with Crippen LogP contribution in [0.25, 0.3) is 10.9 Å². The lowest BCUT2D eigenvalue weighted by atomic mass is 10.0. The summed E-state index contributed by atoms with van der Waals surface area (Å²) in [4.78, 5) is 4.52. The van der Waals surface area contributed by atoms with Crippen molar-refractivity contribution in [2.75, 3.05) is 5.73 Å². The smallest absolute Gasteiger partial charge is 0.127 e. The topological polar surface area (TPSA) is 38.9 Å². The van der Waals surface area contributed by atoms with Crippen molar-refractivity contribution < 1.29 is 0 Å².